The van der Waals surface area contributed by atoms with E-state index >= 15 is 0 Å². The van der Waals surface area contributed by atoms with Gasteiger partial charge >= 0.3 is 0 Å². The average Bonchev–Trinajstić information content (AvgIpc) is 2.60. The van der Waals surface area contributed by atoms with Gasteiger partial charge in [-0.05, 0) is 42.8 Å². The number of carbonyl (C=O) groups is 1. The standard InChI is InChI=1S/C18H22ClN3O2/c1-3-4-11-22(2)17-10-7-15(12-20-17)21-18(23)13-24-16-8-5-14(19)6-9-16/h5-10,12H,3-4,11,13H2,1-2H3,(H,21,23). The molecule has 0 aliphatic heterocycles. The van der Waals surface area contributed by atoms with Gasteiger partial charge in [-0.15, -0.1) is 0 Å². The van der Waals surface area contributed by atoms with Crippen molar-refractivity contribution in [3.05, 3.63) is 47.6 Å². The Labute approximate surface area is 147 Å². The van der Waals surface area contributed by atoms with Crippen LogP contribution in [0.3, 0.4) is 0 Å². The molecule has 5 nitrogen and oxygen atoms in total. The van der Waals surface area contributed by atoms with E-state index in [-0.39, 0.29) is 12.5 Å². The smallest absolute Gasteiger partial charge is 0.262 e. The summed E-state index contributed by atoms with van der Waals surface area (Å²) < 4.78 is 5.40. The maximum Gasteiger partial charge on any atom is 0.262 e. The molecule has 0 unspecified atom stereocenters. The summed E-state index contributed by atoms with van der Waals surface area (Å²) in [5.74, 6) is 1.25. The lowest BCUT2D eigenvalue weighted by Crippen LogP contribution is -2.21. The van der Waals surface area contributed by atoms with E-state index in [0.29, 0.717) is 16.5 Å². The van der Waals surface area contributed by atoms with E-state index in [1.165, 1.54) is 0 Å². The van der Waals surface area contributed by atoms with Crippen LogP contribution in [0.5, 0.6) is 5.75 Å². The predicted molar refractivity (Wildman–Crippen MR) is 98.0 cm³/mol. The number of ether oxygens (including phenoxy) is 1. The van der Waals surface area contributed by atoms with E-state index in [1.54, 1.807) is 30.5 Å². The van der Waals surface area contributed by atoms with Crippen molar-refractivity contribution in [2.24, 2.45) is 0 Å². The van der Waals surface area contributed by atoms with Crippen LogP contribution in [0.15, 0.2) is 42.6 Å². The molecule has 1 heterocycles. The van der Waals surface area contributed by atoms with Crippen LogP contribution in [0.25, 0.3) is 0 Å². The summed E-state index contributed by atoms with van der Waals surface area (Å²) in [6.45, 7) is 3.05. The van der Waals surface area contributed by atoms with Gasteiger partial charge in [0, 0.05) is 18.6 Å². The van der Waals surface area contributed by atoms with Crippen molar-refractivity contribution in [2.45, 2.75) is 19.8 Å². The highest BCUT2D eigenvalue weighted by molar-refractivity contribution is 6.30. The van der Waals surface area contributed by atoms with Gasteiger partial charge in [0.25, 0.3) is 5.91 Å². The second kappa shape index (κ2) is 9.13. The van der Waals surface area contributed by atoms with Crippen molar-refractivity contribution in [1.82, 2.24) is 4.98 Å². The van der Waals surface area contributed by atoms with Crippen molar-refractivity contribution in [3.8, 4) is 5.75 Å². The summed E-state index contributed by atoms with van der Waals surface area (Å²) in [7, 11) is 2.01. The Kier molecular flexibility index (Phi) is 6.88. The van der Waals surface area contributed by atoms with Crippen LogP contribution in [0.1, 0.15) is 19.8 Å². The third-order valence-corrected chi connectivity index (χ3v) is 3.71. The maximum atomic E-state index is 11.9. The molecule has 1 amide bonds. The molecule has 0 saturated carbocycles. The summed E-state index contributed by atoms with van der Waals surface area (Å²) in [6, 6.07) is 10.6. The normalized spacial score (nSPS) is 10.3. The quantitative estimate of drug-likeness (QED) is 0.784. The first-order valence-electron chi connectivity index (χ1n) is 7.94. The molecule has 0 saturated heterocycles. The Balaban J connectivity index is 1.82. The summed E-state index contributed by atoms with van der Waals surface area (Å²) >= 11 is 5.80. The molecule has 0 radical (unpaired) electrons. The molecule has 0 spiro atoms. The molecule has 1 aromatic carbocycles. The van der Waals surface area contributed by atoms with Gasteiger partial charge in [-0.3, -0.25) is 4.79 Å². The van der Waals surface area contributed by atoms with Crippen LogP contribution in [-0.2, 0) is 4.79 Å². The van der Waals surface area contributed by atoms with Gasteiger partial charge in [-0.2, -0.15) is 0 Å². The summed E-state index contributed by atoms with van der Waals surface area (Å²) in [5.41, 5.74) is 0.646. The first kappa shape index (κ1) is 18.1. The number of hydrogen-bond acceptors (Lipinski definition) is 4. The summed E-state index contributed by atoms with van der Waals surface area (Å²) in [4.78, 5) is 18.4. The number of halogens is 1. The number of pyridine rings is 1. The predicted octanol–water partition coefficient (Wildman–Crippen LogP) is 3.99. The van der Waals surface area contributed by atoms with Gasteiger partial charge in [-0.25, -0.2) is 4.98 Å². The van der Waals surface area contributed by atoms with E-state index in [1.807, 2.05) is 19.2 Å². The minimum Gasteiger partial charge on any atom is -0.484 e. The highest BCUT2D eigenvalue weighted by Crippen LogP contribution is 2.16. The summed E-state index contributed by atoms with van der Waals surface area (Å²) in [5, 5.41) is 3.39. The number of hydrogen-bond donors (Lipinski definition) is 1. The number of aromatic nitrogens is 1. The van der Waals surface area contributed by atoms with Gasteiger partial charge < -0.3 is 15.0 Å². The lowest BCUT2D eigenvalue weighted by atomic mass is 10.3. The van der Waals surface area contributed by atoms with Crippen LogP contribution in [0, 0.1) is 0 Å². The number of carbonyl (C=O) groups excluding carboxylic acids is 1. The van der Waals surface area contributed by atoms with Crippen LogP contribution in [0.4, 0.5) is 11.5 Å². The Bertz CT molecular complexity index is 644. The minimum atomic E-state index is -0.237. The minimum absolute atomic E-state index is 0.0697. The van der Waals surface area contributed by atoms with Crippen molar-refractivity contribution >= 4 is 29.0 Å². The largest absolute Gasteiger partial charge is 0.484 e. The second-order valence-electron chi connectivity index (χ2n) is 5.47. The SMILES string of the molecule is CCCCN(C)c1ccc(NC(=O)COc2ccc(Cl)cc2)cn1. The van der Waals surface area contributed by atoms with Crippen LogP contribution >= 0.6 is 11.6 Å². The molecule has 0 fully saturated rings. The number of rotatable bonds is 8. The third kappa shape index (κ3) is 5.74. The maximum absolute atomic E-state index is 11.9. The molecule has 2 rings (SSSR count). The number of anilines is 2. The zero-order valence-electron chi connectivity index (χ0n) is 14.0. The Morgan fingerprint density at radius 2 is 2.00 bits per heavy atom. The second-order valence-corrected chi connectivity index (χ2v) is 5.91. The third-order valence-electron chi connectivity index (χ3n) is 3.45. The Hall–Kier alpha value is -2.27. The monoisotopic (exact) mass is 347 g/mol. The zero-order valence-corrected chi connectivity index (χ0v) is 14.7. The zero-order chi connectivity index (χ0) is 17.4. The number of unbranched alkanes of at least 4 members (excludes halogenated alkanes) is 1. The first-order chi connectivity index (χ1) is 11.6. The molecule has 24 heavy (non-hydrogen) atoms. The molecule has 0 atom stereocenters. The van der Waals surface area contributed by atoms with Crippen molar-refractivity contribution in [3.63, 3.8) is 0 Å². The van der Waals surface area contributed by atoms with Crippen LogP contribution in [0.2, 0.25) is 5.02 Å². The van der Waals surface area contributed by atoms with Crippen LogP contribution in [-0.4, -0.2) is 31.1 Å². The fraction of sp³-hybridized carbons (Fsp3) is 0.333. The van der Waals surface area contributed by atoms with E-state index in [0.717, 1.165) is 25.2 Å². The van der Waals surface area contributed by atoms with E-state index in [9.17, 15) is 4.79 Å². The molecule has 128 valence electrons. The number of amides is 1. The van der Waals surface area contributed by atoms with Crippen molar-refractivity contribution < 1.29 is 9.53 Å². The van der Waals surface area contributed by atoms with Gasteiger partial charge in [-0.1, -0.05) is 24.9 Å². The van der Waals surface area contributed by atoms with Crippen molar-refractivity contribution in [2.75, 3.05) is 30.4 Å². The van der Waals surface area contributed by atoms with E-state index in [2.05, 4.69) is 22.1 Å². The number of nitrogens with one attached hydrogen (secondary N) is 1. The molecule has 1 aromatic heterocycles. The number of benzene rings is 1. The van der Waals surface area contributed by atoms with Gasteiger partial charge in [0.2, 0.25) is 0 Å². The lowest BCUT2D eigenvalue weighted by Gasteiger charge is -2.17. The van der Waals surface area contributed by atoms with Gasteiger partial charge in [0.05, 0.1) is 11.9 Å². The highest BCUT2D eigenvalue weighted by Gasteiger charge is 2.06. The van der Waals surface area contributed by atoms with E-state index in [4.69, 9.17) is 16.3 Å². The molecular formula is C18H22ClN3O2. The van der Waals surface area contributed by atoms with Gasteiger partial charge in [0.15, 0.2) is 6.61 Å². The average molecular weight is 348 g/mol. The number of nitrogens with zero attached hydrogens (tertiary/aromatic N) is 2. The molecule has 0 bridgehead atoms. The Morgan fingerprint density at radius 3 is 2.62 bits per heavy atom. The fourth-order valence-corrected chi connectivity index (χ4v) is 2.20. The molecule has 0 aliphatic carbocycles. The Morgan fingerprint density at radius 1 is 1.25 bits per heavy atom. The van der Waals surface area contributed by atoms with E-state index < -0.39 is 0 Å². The molecule has 2 aromatic rings. The molecule has 0 aliphatic rings. The highest BCUT2D eigenvalue weighted by atomic mass is 35.5. The molecule has 1 N–H and O–H groups in total. The lowest BCUT2D eigenvalue weighted by molar-refractivity contribution is -0.118. The molecule has 6 heteroatoms. The van der Waals surface area contributed by atoms with Gasteiger partial charge in [0.1, 0.15) is 11.6 Å². The van der Waals surface area contributed by atoms with Crippen molar-refractivity contribution in [1.29, 1.82) is 0 Å². The first-order valence-corrected chi connectivity index (χ1v) is 8.31. The van der Waals surface area contributed by atoms with Crippen LogP contribution < -0.4 is 15.0 Å². The summed E-state index contributed by atoms with van der Waals surface area (Å²) in [6.07, 6.45) is 3.92. The topological polar surface area (TPSA) is 54.5 Å². The molecular weight excluding hydrogens is 326 g/mol. The fourth-order valence-electron chi connectivity index (χ4n) is 2.07.